The quantitative estimate of drug-likeness (QED) is 0.477. The number of anilines is 1. The van der Waals surface area contributed by atoms with Gasteiger partial charge in [0.05, 0.1) is 11.5 Å². The molecule has 1 aliphatic rings. The van der Waals surface area contributed by atoms with E-state index >= 15 is 0 Å². The predicted molar refractivity (Wildman–Crippen MR) is 94.0 cm³/mol. The predicted octanol–water partition coefficient (Wildman–Crippen LogP) is 3.50. The second kappa shape index (κ2) is 7.07. The lowest BCUT2D eigenvalue weighted by molar-refractivity contribution is -0.139. The van der Waals surface area contributed by atoms with Crippen molar-refractivity contribution in [2.45, 2.75) is 13.3 Å². The third kappa shape index (κ3) is 3.72. The number of para-hydroxylation sites is 1. The second-order valence-electron chi connectivity index (χ2n) is 5.86. The lowest BCUT2D eigenvalue weighted by atomic mass is 10.1. The van der Waals surface area contributed by atoms with E-state index < -0.39 is 11.9 Å². The van der Waals surface area contributed by atoms with Crippen molar-refractivity contribution < 1.29 is 19.1 Å². The molecule has 0 N–H and O–H groups in total. The summed E-state index contributed by atoms with van der Waals surface area (Å²) in [6, 6.07) is 13.4. The number of hydrogen-bond acceptors (Lipinski definition) is 4. The summed E-state index contributed by atoms with van der Waals surface area (Å²) in [5.74, 6) is -1.21. The van der Waals surface area contributed by atoms with Crippen molar-refractivity contribution in [2.75, 3.05) is 11.4 Å². The second-order valence-corrected chi connectivity index (χ2v) is 6.29. The van der Waals surface area contributed by atoms with Gasteiger partial charge in [0, 0.05) is 23.7 Å². The first-order valence-electron chi connectivity index (χ1n) is 7.83. The monoisotopic (exact) mass is 357 g/mol. The van der Waals surface area contributed by atoms with Crippen LogP contribution in [0, 0.1) is 5.92 Å². The zero-order valence-corrected chi connectivity index (χ0v) is 14.3. The molecule has 1 heterocycles. The van der Waals surface area contributed by atoms with Gasteiger partial charge in [0.2, 0.25) is 5.91 Å². The Morgan fingerprint density at radius 1 is 1.12 bits per heavy atom. The molecule has 0 aromatic heterocycles. The van der Waals surface area contributed by atoms with Crippen LogP contribution in [0.2, 0.25) is 5.02 Å². The van der Waals surface area contributed by atoms with Gasteiger partial charge in [-0.3, -0.25) is 14.4 Å². The number of halogens is 1. The third-order valence-electron chi connectivity index (χ3n) is 4.07. The summed E-state index contributed by atoms with van der Waals surface area (Å²) in [4.78, 5) is 37.8. The van der Waals surface area contributed by atoms with Crippen LogP contribution in [0.15, 0.2) is 48.5 Å². The molecular weight excluding hydrogens is 342 g/mol. The molecule has 2 aromatic rings. The SMILES string of the molecule is CC(=O)c1ccccc1OC(=O)[C@@H]1CC(=O)N(c2ccc(Cl)cc2)C1. The first-order chi connectivity index (χ1) is 12.0. The highest BCUT2D eigenvalue weighted by atomic mass is 35.5. The van der Waals surface area contributed by atoms with E-state index in [1.807, 2.05) is 0 Å². The molecule has 0 spiro atoms. The van der Waals surface area contributed by atoms with Gasteiger partial charge in [0.15, 0.2) is 5.78 Å². The number of carbonyl (C=O) groups excluding carboxylic acids is 3. The van der Waals surface area contributed by atoms with Crippen LogP contribution in [0.4, 0.5) is 5.69 Å². The number of benzene rings is 2. The largest absolute Gasteiger partial charge is 0.425 e. The molecule has 25 heavy (non-hydrogen) atoms. The molecule has 0 unspecified atom stereocenters. The maximum atomic E-state index is 12.4. The number of nitrogens with zero attached hydrogens (tertiary/aromatic N) is 1. The summed E-state index contributed by atoms with van der Waals surface area (Å²) in [7, 11) is 0. The topological polar surface area (TPSA) is 63.7 Å². The molecule has 2 aromatic carbocycles. The molecule has 1 atom stereocenters. The van der Waals surface area contributed by atoms with Crippen LogP contribution in [0.5, 0.6) is 5.75 Å². The van der Waals surface area contributed by atoms with Gasteiger partial charge in [-0.15, -0.1) is 0 Å². The molecule has 0 saturated carbocycles. The summed E-state index contributed by atoms with van der Waals surface area (Å²) in [5.41, 5.74) is 1.03. The Kier molecular flexibility index (Phi) is 4.86. The van der Waals surface area contributed by atoms with Crippen molar-refractivity contribution in [2.24, 2.45) is 5.92 Å². The Balaban J connectivity index is 1.73. The van der Waals surface area contributed by atoms with Crippen LogP contribution in [-0.2, 0) is 9.59 Å². The minimum absolute atomic E-state index is 0.0731. The molecule has 5 nitrogen and oxygen atoms in total. The highest BCUT2D eigenvalue weighted by molar-refractivity contribution is 6.30. The van der Waals surface area contributed by atoms with Crippen molar-refractivity contribution in [3.05, 3.63) is 59.1 Å². The molecule has 0 bridgehead atoms. The zero-order valence-electron chi connectivity index (χ0n) is 13.6. The van der Waals surface area contributed by atoms with Gasteiger partial charge < -0.3 is 9.64 Å². The van der Waals surface area contributed by atoms with Crippen LogP contribution in [0.3, 0.4) is 0 Å². The Morgan fingerprint density at radius 2 is 1.80 bits per heavy atom. The Bertz CT molecular complexity index is 832. The molecule has 1 saturated heterocycles. The molecular formula is C19H16ClNO4. The smallest absolute Gasteiger partial charge is 0.316 e. The summed E-state index contributed by atoms with van der Waals surface area (Å²) in [5, 5.41) is 0.576. The van der Waals surface area contributed by atoms with Gasteiger partial charge in [0.1, 0.15) is 5.75 Å². The fourth-order valence-corrected chi connectivity index (χ4v) is 2.90. The first kappa shape index (κ1) is 17.2. The van der Waals surface area contributed by atoms with Crippen LogP contribution >= 0.6 is 11.6 Å². The van der Waals surface area contributed by atoms with E-state index in [9.17, 15) is 14.4 Å². The van der Waals surface area contributed by atoms with Crippen molar-refractivity contribution >= 4 is 34.9 Å². The van der Waals surface area contributed by atoms with E-state index in [4.69, 9.17) is 16.3 Å². The summed E-state index contributed by atoms with van der Waals surface area (Å²) >= 11 is 5.86. The van der Waals surface area contributed by atoms with E-state index in [0.717, 1.165) is 0 Å². The fraction of sp³-hybridized carbons (Fsp3) is 0.211. The summed E-state index contributed by atoms with van der Waals surface area (Å²) in [6.07, 6.45) is 0.0731. The van der Waals surface area contributed by atoms with Gasteiger partial charge >= 0.3 is 5.97 Å². The van der Waals surface area contributed by atoms with Crippen molar-refractivity contribution in [3.8, 4) is 5.75 Å². The number of esters is 1. The van der Waals surface area contributed by atoms with E-state index in [1.54, 1.807) is 53.4 Å². The number of amides is 1. The van der Waals surface area contributed by atoms with E-state index in [-0.39, 0.29) is 30.4 Å². The molecule has 128 valence electrons. The minimum atomic E-state index is -0.580. The van der Waals surface area contributed by atoms with E-state index in [0.29, 0.717) is 16.3 Å². The van der Waals surface area contributed by atoms with Crippen molar-refractivity contribution in [1.82, 2.24) is 0 Å². The molecule has 0 radical (unpaired) electrons. The van der Waals surface area contributed by atoms with Gasteiger partial charge in [-0.2, -0.15) is 0 Å². The maximum Gasteiger partial charge on any atom is 0.316 e. The third-order valence-corrected chi connectivity index (χ3v) is 4.33. The zero-order chi connectivity index (χ0) is 18.0. The van der Waals surface area contributed by atoms with Gasteiger partial charge in [-0.1, -0.05) is 23.7 Å². The number of rotatable bonds is 4. The fourth-order valence-electron chi connectivity index (χ4n) is 2.77. The number of ether oxygens (including phenoxy) is 1. The minimum Gasteiger partial charge on any atom is -0.425 e. The maximum absolute atomic E-state index is 12.4. The van der Waals surface area contributed by atoms with Gasteiger partial charge in [-0.05, 0) is 43.3 Å². The van der Waals surface area contributed by atoms with Crippen LogP contribution in [0.1, 0.15) is 23.7 Å². The average molecular weight is 358 g/mol. The summed E-state index contributed by atoms with van der Waals surface area (Å²) < 4.78 is 5.38. The molecule has 1 aliphatic heterocycles. The van der Waals surface area contributed by atoms with Crippen LogP contribution in [0.25, 0.3) is 0 Å². The number of ketones is 1. The highest BCUT2D eigenvalue weighted by Gasteiger charge is 2.36. The van der Waals surface area contributed by atoms with Crippen molar-refractivity contribution in [3.63, 3.8) is 0 Å². The summed E-state index contributed by atoms with van der Waals surface area (Å²) in [6.45, 7) is 1.65. The number of carbonyl (C=O) groups is 3. The number of Topliss-reactive ketones (excluding diaryl/α,β-unsaturated/α-hetero) is 1. The van der Waals surface area contributed by atoms with Gasteiger partial charge in [-0.25, -0.2) is 0 Å². The van der Waals surface area contributed by atoms with E-state index in [1.165, 1.54) is 6.92 Å². The van der Waals surface area contributed by atoms with Crippen LogP contribution < -0.4 is 9.64 Å². The lowest BCUT2D eigenvalue weighted by Crippen LogP contribution is -2.27. The van der Waals surface area contributed by atoms with Crippen LogP contribution in [-0.4, -0.2) is 24.2 Å². The Morgan fingerprint density at radius 3 is 2.48 bits per heavy atom. The lowest BCUT2D eigenvalue weighted by Gasteiger charge is -2.16. The molecule has 3 rings (SSSR count). The highest BCUT2D eigenvalue weighted by Crippen LogP contribution is 2.28. The first-order valence-corrected chi connectivity index (χ1v) is 8.21. The van der Waals surface area contributed by atoms with E-state index in [2.05, 4.69) is 0 Å². The Hall–Kier alpha value is -2.66. The number of hydrogen-bond donors (Lipinski definition) is 0. The van der Waals surface area contributed by atoms with Gasteiger partial charge in [0.25, 0.3) is 0 Å². The van der Waals surface area contributed by atoms with Crippen molar-refractivity contribution in [1.29, 1.82) is 0 Å². The molecule has 6 heteroatoms. The molecule has 0 aliphatic carbocycles. The standard InChI is InChI=1S/C19H16ClNO4/c1-12(22)16-4-2-3-5-17(16)25-19(24)13-10-18(23)21(11-13)15-8-6-14(20)7-9-15/h2-9,13H,10-11H2,1H3/t13-/m1/s1. The molecule has 1 amide bonds. The molecule has 1 fully saturated rings. The Labute approximate surface area is 150 Å². The average Bonchev–Trinajstić information content (AvgIpc) is 2.98. The normalized spacial score (nSPS) is 16.8.